The Morgan fingerprint density at radius 1 is 1.05 bits per heavy atom. The molecule has 3 heteroatoms. The summed E-state index contributed by atoms with van der Waals surface area (Å²) in [7, 11) is -0.941. The second kappa shape index (κ2) is 6.12. The van der Waals surface area contributed by atoms with E-state index in [-0.39, 0.29) is 11.3 Å². The van der Waals surface area contributed by atoms with E-state index in [0.29, 0.717) is 11.7 Å². The van der Waals surface area contributed by atoms with Gasteiger partial charge in [0.2, 0.25) is 0 Å². The molecule has 0 radical (unpaired) electrons. The first-order chi connectivity index (χ1) is 10.2. The average Bonchev–Trinajstić information content (AvgIpc) is 2.52. The third-order valence-corrected chi connectivity index (χ3v) is 6.14. The quantitative estimate of drug-likeness (QED) is 0.942. The van der Waals surface area contributed by atoms with Crippen LogP contribution in [0.25, 0.3) is 0 Å². The summed E-state index contributed by atoms with van der Waals surface area (Å²) in [5.41, 5.74) is 10.0. The summed E-state index contributed by atoms with van der Waals surface area (Å²) >= 11 is 0. The van der Waals surface area contributed by atoms with Crippen LogP contribution in [0.5, 0.6) is 0 Å². The van der Waals surface area contributed by atoms with Crippen LogP contribution in [0, 0.1) is 0 Å². The minimum Gasteiger partial charge on any atom is -0.323 e. The Morgan fingerprint density at radius 3 is 2.38 bits per heavy atom. The van der Waals surface area contributed by atoms with Crippen molar-refractivity contribution < 1.29 is 4.21 Å². The molecule has 0 aromatic heterocycles. The highest BCUT2D eigenvalue weighted by molar-refractivity contribution is 7.84. The zero-order valence-corrected chi connectivity index (χ0v) is 13.1. The van der Waals surface area contributed by atoms with Gasteiger partial charge in [0.1, 0.15) is 0 Å². The molecule has 0 amide bonds. The van der Waals surface area contributed by atoms with E-state index in [9.17, 15) is 4.21 Å². The van der Waals surface area contributed by atoms with E-state index < -0.39 is 10.8 Å². The molecule has 0 saturated heterocycles. The topological polar surface area (TPSA) is 43.1 Å². The highest BCUT2D eigenvalue weighted by atomic mass is 32.2. The van der Waals surface area contributed by atoms with Crippen LogP contribution in [0.15, 0.2) is 54.6 Å². The van der Waals surface area contributed by atoms with Crippen LogP contribution in [-0.4, -0.2) is 9.46 Å². The zero-order valence-electron chi connectivity index (χ0n) is 12.2. The maximum atomic E-state index is 12.8. The van der Waals surface area contributed by atoms with Crippen LogP contribution in [0.3, 0.4) is 0 Å². The normalized spacial score (nSPS) is 26.1. The molecule has 2 aromatic carbocycles. The number of nitrogens with two attached hydrogens (primary N) is 1. The SMILES string of the molecule is CC1CC(S(=O)Cc2ccccc2)C(N)c2ccccc21. The Labute approximate surface area is 128 Å². The van der Waals surface area contributed by atoms with E-state index in [2.05, 4.69) is 25.1 Å². The summed E-state index contributed by atoms with van der Waals surface area (Å²) in [6.07, 6.45) is 0.900. The van der Waals surface area contributed by atoms with Crippen LogP contribution >= 0.6 is 0 Å². The monoisotopic (exact) mass is 299 g/mol. The lowest BCUT2D eigenvalue weighted by Crippen LogP contribution is -2.36. The fraction of sp³-hybridized carbons (Fsp3) is 0.333. The van der Waals surface area contributed by atoms with Crippen molar-refractivity contribution in [2.24, 2.45) is 5.73 Å². The molecule has 110 valence electrons. The molecule has 2 nitrogen and oxygen atoms in total. The van der Waals surface area contributed by atoms with Gasteiger partial charge in [-0.25, -0.2) is 0 Å². The van der Waals surface area contributed by atoms with Crippen molar-refractivity contribution in [2.45, 2.75) is 36.3 Å². The van der Waals surface area contributed by atoms with Crippen molar-refractivity contribution in [1.29, 1.82) is 0 Å². The number of benzene rings is 2. The van der Waals surface area contributed by atoms with E-state index in [0.717, 1.165) is 12.0 Å². The molecule has 0 heterocycles. The molecule has 21 heavy (non-hydrogen) atoms. The van der Waals surface area contributed by atoms with Gasteiger partial charge in [-0.15, -0.1) is 0 Å². The van der Waals surface area contributed by atoms with Gasteiger partial charge in [0.05, 0.1) is 5.25 Å². The number of rotatable bonds is 3. The largest absolute Gasteiger partial charge is 0.323 e. The standard InChI is InChI=1S/C18H21NOS/c1-13-11-17(18(19)16-10-6-5-9-15(13)16)21(20)12-14-7-3-2-4-8-14/h2-10,13,17-18H,11-12,19H2,1H3. The van der Waals surface area contributed by atoms with Crippen molar-refractivity contribution in [1.82, 2.24) is 0 Å². The van der Waals surface area contributed by atoms with Gasteiger partial charge >= 0.3 is 0 Å². The van der Waals surface area contributed by atoms with Gasteiger partial charge in [-0.1, -0.05) is 61.5 Å². The lowest BCUT2D eigenvalue weighted by Gasteiger charge is -2.34. The summed E-state index contributed by atoms with van der Waals surface area (Å²) in [4.78, 5) is 0. The van der Waals surface area contributed by atoms with E-state index in [1.54, 1.807) is 0 Å². The predicted octanol–water partition coefficient (Wildman–Crippen LogP) is 3.51. The molecule has 1 aliphatic carbocycles. The zero-order chi connectivity index (χ0) is 14.8. The molecule has 1 aliphatic rings. The fourth-order valence-electron chi connectivity index (χ4n) is 3.20. The molecule has 0 spiro atoms. The molecular weight excluding hydrogens is 278 g/mol. The molecule has 2 aromatic rings. The number of fused-ring (bicyclic) bond motifs is 1. The van der Waals surface area contributed by atoms with Gasteiger partial charge in [-0.05, 0) is 29.0 Å². The van der Waals surface area contributed by atoms with Crippen molar-refractivity contribution in [3.05, 3.63) is 71.3 Å². The van der Waals surface area contributed by atoms with Crippen LogP contribution in [-0.2, 0) is 16.6 Å². The highest BCUT2D eigenvalue weighted by Gasteiger charge is 2.34. The summed E-state index contributed by atoms with van der Waals surface area (Å²) < 4.78 is 12.8. The van der Waals surface area contributed by atoms with E-state index in [1.807, 2.05) is 36.4 Å². The fourth-order valence-corrected chi connectivity index (χ4v) is 4.91. The average molecular weight is 299 g/mol. The predicted molar refractivity (Wildman–Crippen MR) is 88.5 cm³/mol. The van der Waals surface area contributed by atoms with Crippen LogP contribution < -0.4 is 5.73 Å². The Hall–Kier alpha value is -1.45. The molecular formula is C18H21NOS. The summed E-state index contributed by atoms with van der Waals surface area (Å²) in [6, 6.07) is 18.2. The van der Waals surface area contributed by atoms with Crippen LogP contribution in [0.1, 0.15) is 42.0 Å². The van der Waals surface area contributed by atoms with Gasteiger partial charge in [-0.3, -0.25) is 4.21 Å². The molecule has 0 saturated carbocycles. The second-order valence-corrected chi connectivity index (χ2v) is 7.50. The first-order valence-electron chi connectivity index (χ1n) is 7.42. The smallest absolute Gasteiger partial charge is 0.0549 e. The van der Waals surface area contributed by atoms with Crippen LogP contribution in [0.2, 0.25) is 0 Å². The number of hydrogen-bond donors (Lipinski definition) is 1. The Balaban J connectivity index is 1.82. The van der Waals surface area contributed by atoms with Gasteiger partial charge in [0, 0.05) is 22.6 Å². The Morgan fingerprint density at radius 2 is 1.67 bits per heavy atom. The molecule has 4 unspecified atom stereocenters. The van der Waals surface area contributed by atoms with Gasteiger partial charge in [0.25, 0.3) is 0 Å². The van der Waals surface area contributed by atoms with Gasteiger partial charge in [0.15, 0.2) is 0 Å². The Kier molecular flexibility index (Phi) is 4.22. The maximum Gasteiger partial charge on any atom is 0.0549 e. The summed E-state index contributed by atoms with van der Waals surface area (Å²) in [5.74, 6) is 1.01. The van der Waals surface area contributed by atoms with Crippen molar-refractivity contribution in [3.8, 4) is 0 Å². The minimum absolute atomic E-state index is 0.0371. The molecule has 0 fully saturated rings. The molecule has 4 atom stereocenters. The number of hydrogen-bond acceptors (Lipinski definition) is 2. The van der Waals surface area contributed by atoms with Crippen molar-refractivity contribution >= 4 is 10.8 Å². The Bertz CT molecular complexity index is 641. The molecule has 0 bridgehead atoms. The minimum atomic E-state index is -0.941. The summed E-state index contributed by atoms with van der Waals surface area (Å²) in [6.45, 7) is 2.21. The van der Waals surface area contributed by atoms with E-state index >= 15 is 0 Å². The molecule has 3 rings (SSSR count). The lowest BCUT2D eigenvalue weighted by molar-refractivity contribution is 0.513. The first kappa shape index (κ1) is 14.5. The first-order valence-corrected chi connectivity index (χ1v) is 8.80. The second-order valence-electron chi connectivity index (χ2n) is 5.84. The van der Waals surface area contributed by atoms with Gasteiger partial charge in [-0.2, -0.15) is 0 Å². The third-order valence-electron chi connectivity index (χ3n) is 4.36. The lowest BCUT2D eigenvalue weighted by atomic mass is 9.81. The molecule has 0 aliphatic heterocycles. The molecule has 2 N–H and O–H groups in total. The van der Waals surface area contributed by atoms with E-state index in [4.69, 9.17) is 5.73 Å². The van der Waals surface area contributed by atoms with Crippen molar-refractivity contribution in [2.75, 3.05) is 0 Å². The highest BCUT2D eigenvalue weighted by Crippen LogP contribution is 2.38. The van der Waals surface area contributed by atoms with Crippen molar-refractivity contribution in [3.63, 3.8) is 0 Å². The third kappa shape index (κ3) is 2.94. The maximum absolute atomic E-state index is 12.8. The van der Waals surface area contributed by atoms with Gasteiger partial charge < -0.3 is 5.73 Å². The summed E-state index contributed by atoms with van der Waals surface area (Å²) in [5, 5.41) is 0.0371. The van der Waals surface area contributed by atoms with E-state index in [1.165, 1.54) is 11.1 Å². The van der Waals surface area contributed by atoms with Crippen LogP contribution in [0.4, 0.5) is 0 Å².